The van der Waals surface area contributed by atoms with Crippen molar-refractivity contribution in [3.8, 4) is 0 Å². The van der Waals surface area contributed by atoms with Crippen molar-refractivity contribution in [3.05, 3.63) is 40.8 Å². The highest BCUT2D eigenvalue weighted by molar-refractivity contribution is 6.30. The van der Waals surface area contributed by atoms with E-state index >= 15 is 0 Å². The van der Waals surface area contributed by atoms with Gasteiger partial charge < -0.3 is 10.6 Å². The van der Waals surface area contributed by atoms with Crippen molar-refractivity contribution in [1.82, 2.24) is 9.88 Å². The molecule has 0 unspecified atom stereocenters. The minimum atomic E-state index is -0.490. The number of hydrogen-bond acceptors (Lipinski definition) is 4. The Morgan fingerprint density at radius 1 is 1.38 bits per heavy atom. The number of ketones is 1. The first-order chi connectivity index (χ1) is 12.2. The molecule has 0 saturated heterocycles. The molecule has 1 fully saturated rings. The van der Waals surface area contributed by atoms with Crippen molar-refractivity contribution in [2.45, 2.75) is 44.9 Å². The molecule has 1 atom stereocenters. The SMILES string of the molecule is CN(CC[C@H]1C=C(N)C(=O)C(C)(C)C1)C(=O)C1(c2ccc(Cl)cn2)CC1. The number of pyridine rings is 1. The zero-order chi connectivity index (χ0) is 19.1. The average molecular weight is 376 g/mol. The van der Waals surface area contributed by atoms with E-state index < -0.39 is 10.8 Å². The molecule has 1 aromatic rings. The highest BCUT2D eigenvalue weighted by atomic mass is 35.5. The van der Waals surface area contributed by atoms with Gasteiger partial charge in [-0.1, -0.05) is 31.5 Å². The van der Waals surface area contributed by atoms with Crippen LogP contribution in [0.4, 0.5) is 0 Å². The number of allylic oxidation sites excluding steroid dienone is 2. The zero-order valence-corrected chi connectivity index (χ0v) is 16.3. The summed E-state index contributed by atoms with van der Waals surface area (Å²) in [6, 6.07) is 3.63. The maximum Gasteiger partial charge on any atom is 0.234 e. The van der Waals surface area contributed by atoms with Crippen molar-refractivity contribution in [2.75, 3.05) is 13.6 Å². The first-order valence-corrected chi connectivity index (χ1v) is 9.43. The smallest absolute Gasteiger partial charge is 0.234 e. The first-order valence-electron chi connectivity index (χ1n) is 9.05. The molecule has 0 radical (unpaired) electrons. The number of carbonyl (C=O) groups excluding carboxylic acids is 2. The van der Waals surface area contributed by atoms with Gasteiger partial charge in [-0.05, 0) is 43.7 Å². The van der Waals surface area contributed by atoms with E-state index in [1.807, 2.05) is 33.0 Å². The van der Waals surface area contributed by atoms with E-state index in [0.29, 0.717) is 17.3 Å². The fourth-order valence-corrected chi connectivity index (χ4v) is 4.01. The van der Waals surface area contributed by atoms with E-state index in [1.54, 1.807) is 17.2 Å². The summed E-state index contributed by atoms with van der Waals surface area (Å²) in [6.07, 6.45) is 6.66. The molecule has 6 heteroatoms. The molecule has 5 nitrogen and oxygen atoms in total. The number of hydrogen-bond donors (Lipinski definition) is 1. The quantitative estimate of drug-likeness (QED) is 0.858. The van der Waals surface area contributed by atoms with Gasteiger partial charge in [0.15, 0.2) is 5.78 Å². The van der Waals surface area contributed by atoms with Crippen LogP contribution in [0.15, 0.2) is 30.1 Å². The molecule has 1 amide bonds. The molecule has 3 rings (SSSR count). The summed E-state index contributed by atoms with van der Waals surface area (Å²) >= 11 is 5.91. The first kappa shape index (κ1) is 18.9. The summed E-state index contributed by atoms with van der Waals surface area (Å²) in [6.45, 7) is 4.50. The van der Waals surface area contributed by atoms with Gasteiger partial charge in [-0.2, -0.15) is 0 Å². The molecule has 1 saturated carbocycles. The van der Waals surface area contributed by atoms with E-state index in [4.69, 9.17) is 17.3 Å². The molecule has 1 heterocycles. The third-order valence-corrected chi connectivity index (χ3v) is 5.85. The number of carbonyl (C=O) groups is 2. The minimum absolute atomic E-state index is 0.0175. The Labute approximate surface area is 159 Å². The van der Waals surface area contributed by atoms with Crippen LogP contribution in [0.3, 0.4) is 0 Å². The summed E-state index contributed by atoms with van der Waals surface area (Å²) < 4.78 is 0. The summed E-state index contributed by atoms with van der Waals surface area (Å²) in [5.41, 5.74) is 6.12. The van der Waals surface area contributed by atoms with Gasteiger partial charge in [-0.3, -0.25) is 14.6 Å². The van der Waals surface area contributed by atoms with Crippen molar-refractivity contribution in [3.63, 3.8) is 0 Å². The number of nitrogens with two attached hydrogens (primary N) is 1. The van der Waals surface area contributed by atoms with E-state index in [9.17, 15) is 9.59 Å². The molecule has 26 heavy (non-hydrogen) atoms. The van der Waals surface area contributed by atoms with Crippen molar-refractivity contribution in [2.24, 2.45) is 17.1 Å². The Hall–Kier alpha value is -1.88. The number of aromatic nitrogens is 1. The minimum Gasteiger partial charge on any atom is -0.396 e. The second-order valence-electron chi connectivity index (χ2n) is 8.26. The van der Waals surface area contributed by atoms with Crippen LogP contribution in [0.1, 0.15) is 45.2 Å². The monoisotopic (exact) mass is 375 g/mol. The van der Waals surface area contributed by atoms with Crippen LogP contribution < -0.4 is 5.73 Å². The second-order valence-corrected chi connectivity index (χ2v) is 8.69. The molecule has 0 bridgehead atoms. The highest BCUT2D eigenvalue weighted by Crippen LogP contribution is 2.49. The number of likely N-dealkylation sites (N-methyl/N-ethyl adjacent to an activating group) is 1. The van der Waals surface area contributed by atoms with Crippen molar-refractivity contribution < 1.29 is 9.59 Å². The summed E-state index contributed by atoms with van der Waals surface area (Å²) in [5, 5.41) is 0.573. The lowest BCUT2D eigenvalue weighted by Crippen LogP contribution is -2.39. The number of Topliss-reactive ketones (excluding diaryl/α,β-unsaturated/α-hetero) is 1. The van der Waals surface area contributed by atoms with Gasteiger partial charge >= 0.3 is 0 Å². The zero-order valence-electron chi connectivity index (χ0n) is 15.6. The summed E-state index contributed by atoms with van der Waals surface area (Å²) in [7, 11) is 1.84. The van der Waals surface area contributed by atoms with Crippen molar-refractivity contribution in [1.29, 1.82) is 0 Å². The standard InChI is InChI=1S/C20H26ClN3O2/c1-19(2)11-13(10-15(22)17(19)25)6-9-24(3)18(26)20(7-8-20)16-5-4-14(21)12-23-16/h4-5,10,12-13H,6-9,11,22H2,1-3H3/t13-/m0/s1. The number of amides is 1. The van der Waals surface area contributed by atoms with Crippen LogP contribution in [-0.4, -0.2) is 35.2 Å². The van der Waals surface area contributed by atoms with Gasteiger partial charge in [0.2, 0.25) is 5.91 Å². The van der Waals surface area contributed by atoms with Crippen LogP contribution in [0.25, 0.3) is 0 Å². The molecule has 0 aromatic carbocycles. The predicted octanol–water partition coefficient (Wildman–Crippen LogP) is 3.07. The molecule has 2 aliphatic carbocycles. The molecule has 140 valence electrons. The number of halogens is 1. The molecule has 0 spiro atoms. The lowest BCUT2D eigenvalue weighted by atomic mass is 9.73. The Balaban J connectivity index is 1.64. The average Bonchev–Trinajstić information content (AvgIpc) is 3.39. The largest absolute Gasteiger partial charge is 0.396 e. The molecule has 2 N–H and O–H groups in total. The Morgan fingerprint density at radius 3 is 2.62 bits per heavy atom. The molecular weight excluding hydrogens is 350 g/mol. The fourth-order valence-electron chi connectivity index (χ4n) is 3.90. The van der Waals surface area contributed by atoms with E-state index in [0.717, 1.165) is 31.4 Å². The fraction of sp³-hybridized carbons (Fsp3) is 0.550. The molecule has 1 aromatic heterocycles. The Kier molecular flexibility index (Phi) is 4.86. The summed E-state index contributed by atoms with van der Waals surface area (Å²) in [4.78, 5) is 31.2. The second kappa shape index (κ2) is 6.69. The Bertz CT molecular complexity index is 751. The number of rotatable bonds is 5. The van der Waals surface area contributed by atoms with E-state index in [1.165, 1.54) is 0 Å². The maximum atomic E-state index is 13.0. The number of nitrogens with zero attached hydrogens (tertiary/aromatic N) is 2. The maximum absolute atomic E-state index is 13.0. The predicted molar refractivity (Wildman–Crippen MR) is 102 cm³/mol. The van der Waals surface area contributed by atoms with Gasteiger partial charge in [-0.15, -0.1) is 0 Å². The molecule has 0 aliphatic heterocycles. The van der Waals surface area contributed by atoms with Crippen LogP contribution in [-0.2, 0) is 15.0 Å². The lowest BCUT2D eigenvalue weighted by Gasteiger charge is -2.33. The van der Waals surface area contributed by atoms with Crippen LogP contribution in [0.5, 0.6) is 0 Å². The molecule has 2 aliphatic rings. The third-order valence-electron chi connectivity index (χ3n) is 5.62. The lowest BCUT2D eigenvalue weighted by molar-refractivity contribution is -0.133. The highest BCUT2D eigenvalue weighted by Gasteiger charge is 2.53. The summed E-state index contributed by atoms with van der Waals surface area (Å²) in [5.74, 6) is 0.334. The van der Waals surface area contributed by atoms with Crippen LogP contribution in [0.2, 0.25) is 5.02 Å². The van der Waals surface area contributed by atoms with Gasteiger partial charge in [0.05, 0.1) is 21.8 Å². The van der Waals surface area contributed by atoms with Gasteiger partial charge in [-0.25, -0.2) is 0 Å². The Morgan fingerprint density at radius 2 is 2.08 bits per heavy atom. The van der Waals surface area contributed by atoms with Gasteiger partial charge in [0.1, 0.15) is 0 Å². The van der Waals surface area contributed by atoms with Crippen LogP contribution >= 0.6 is 11.6 Å². The van der Waals surface area contributed by atoms with Gasteiger partial charge in [0, 0.05) is 25.2 Å². The third kappa shape index (κ3) is 3.50. The topological polar surface area (TPSA) is 76.3 Å². The van der Waals surface area contributed by atoms with Gasteiger partial charge in [0.25, 0.3) is 0 Å². The normalized spacial score (nSPS) is 23.3. The van der Waals surface area contributed by atoms with E-state index in [-0.39, 0.29) is 17.6 Å². The van der Waals surface area contributed by atoms with Crippen LogP contribution in [0, 0.1) is 11.3 Å². The van der Waals surface area contributed by atoms with Crippen molar-refractivity contribution >= 4 is 23.3 Å². The van der Waals surface area contributed by atoms with E-state index in [2.05, 4.69) is 4.98 Å². The molecular formula is C20H26ClN3O2.